The Labute approximate surface area is 158 Å². The normalized spacial score (nSPS) is 16.8. The maximum absolute atomic E-state index is 12.1. The molecule has 1 heterocycles. The first-order valence-corrected chi connectivity index (χ1v) is 10.3. The predicted octanol–water partition coefficient (Wildman–Crippen LogP) is 2.76. The first kappa shape index (κ1) is 18.9. The van der Waals surface area contributed by atoms with Crippen LogP contribution in [0.4, 0.5) is 5.69 Å². The minimum Gasteiger partial charge on any atom is -0.497 e. The molecule has 0 bridgehead atoms. The Kier molecular flexibility index (Phi) is 5.18. The molecule has 0 spiro atoms. The van der Waals surface area contributed by atoms with Gasteiger partial charge in [0, 0.05) is 18.9 Å². The molecule has 27 heavy (non-hydrogen) atoms. The van der Waals surface area contributed by atoms with Crippen LogP contribution in [0.2, 0.25) is 0 Å². The number of sulfonamides is 1. The van der Waals surface area contributed by atoms with Gasteiger partial charge < -0.3 is 4.74 Å². The number of anilines is 1. The number of hydrogen-bond donors (Lipinski definition) is 1. The van der Waals surface area contributed by atoms with Gasteiger partial charge in [-0.25, -0.2) is 13.4 Å². The van der Waals surface area contributed by atoms with E-state index in [2.05, 4.69) is 9.82 Å². The summed E-state index contributed by atoms with van der Waals surface area (Å²) in [6.45, 7) is 1.46. The zero-order chi connectivity index (χ0) is 19.6. The fourth-order valence-corrected chi connectivity index (χ4v) is 3.65. The molecule has 0 aliphatic carbocycles. The number of benzene rings is 2. The second kappa shape index (κ2) is 7.40. The molecule has 1 aliphatic heterocycles. The highest BCUT2D eigenvalue weighted by molar-refractivity contribution is 7.92. The van der Waals surface area contributed by atoms with Gasteiger partial charge in [-0.3, -0.25) is 9.52 Å². The fraction of sp³-hybridized carbons (Fsp3) is 0.263. The molecule has 2 aromatic rings. The van der Waals surface area contributed by atoms with Crippen molar-refractivity contribution in [1.82, 2.24) is 5.01 Å². The van der Waals surface area contributed by atoms with E-state index in [0.717, 1.165) is 17.6 Å². The first-order valence-electron chi connectivity index (χ1n) is 8.37. The standard InChI is InChI=1S/C19H21N3O4S/c1-13(23)22-19(14-8-10-15(26-2)11-9-14)12-18(20-22)16-6-4-5-7-17(16)21-27(3,24)25/h4-11,19,21H,12H2,1-3H3/t19-/m0/s1. The van der Waals surface area contributed by atoms with E-state index in [9.17, 15) is 13.2 Å². The van der Waals surface area contributed by atoms with Crippen molar-refractivity contribution in [2.24, 2.45) is 5.10 Å². The summed E-state index contributed by atoms with van der Waals surface area (Å²) in [6.07, 6.45) is 1.58. The lowest BCUT2D eigenvalue weighted by Crippen LogP contribution is -2.24. The lowest BCUT2D eigenvalue weighted by Gasteiger charge is -2.20. The molecule has 1 aliphatic rings. The average Bonchev–Trinajstić information content (AvgIpc) is 3.06. The number of hydrogen-bond acceptors (Lipinski definition) is 5. The first-order chi connectivity index (χ1) is 12.8. The second-order valence-electron chi connectivity index (χ2n) is 6.32. The van der Waals surface area contributed by atoms with Crippen LogP contribution >= 0.6 is 0 Å². The largest absolute Gasteiger partial charge is 0.497 e. The van der Waals surface area contributed by atoms with Crippen LogP contribution in [-0.2, 0) is 14.8 Å². The minimum atomic E-state index is -3.43. The highest BCUT2D eigenvalue weighted by Crippen LogP contribution is 2.35. The zero-order valence-corrected chi connectivity index (χ0v) is 16.2. The van der Waals surface area contributed by atoms with E-state index in [1.807, 2.05) is 30.3 Å². The Bertz CT molecular complexity index is 984. The van der Waals surface area contributed by atoms with E-state index in [4.69, 9.17) is 4.74 Å². The fourth-order valence-electron chi connectivity index (χ4n) is 3.07. The van der Waals surface area contributed by atoms with E-state index in [1.54, 1.807) is 25.3 Å². The molecule has 8 heteroatoms. The van der Waals surface area contributed by atoms with Gasteiger partial charge in [0.25, 0.3) is 0 Å². The highest BCUT2D eigenvalue weighted by atomic mass is 32.2. The molecular weight excluding hydrogens is 366 g/mol. The topological polar surface area (TPSA) is 88.1 Å². The third-order valence-electron chi connectivity index (χ3n) is 4.27. The summed E-state index contributed by atoms with van der Waals surface area (Å²) in [5.41, 5.74) is 2.68. The van der Waals surface area contributed by atoms with Crippen molar-refractivity contribution >= 4 is 27.3 Å². The molecule has 1 amide bonds. The van der Waals surface area contributed by atoms with Crippen molar-refractivity contribution < 1.29 is 17.9 Å². The summed E-state index contributed by atoms with van der Waals surface area (Å²) in [6, 6.07) is 14.3. The lowest BCUT2D eigenvalue weighted by molar-refractivity contribution is -0.130. The molecule has 1 N–H and O–H groups in total. The SMILES string of the molecule is COc1ccc([C@@H]2CC(c3ccccc3NS(C)(=O)=O)=NN2C(C)=O)cc1. The van der Waals surface area contributed by atoms with Gasteiger partial charge in [0.2, 0.25) is 15.9 Å². The van der Waals surface area contributed by atoms with Gasteiger partial charge >= 0.3 is 0 Å². The smallest absolute Gasteiger partial charge is 0.240 e. The van der Waals surface area contributed by atoms with Crippen LogP contribution in [0.1, 0.15) is 30.5 Å². The van der Waals surface area contributed by atoms with Crippen molar-refractivity contribution in [2.75, 3.05) is 18.1 Å². The number of carbonyl (C=O) groups excluding carboxylic acids is 1. The molecule has 142 valence electrons. The molecule has 0 unspecified atom stereocenters. The van der Waals surface area contributed by atoms with Crippen LogP contribution in [-0.4, -0.2) is 38.4 Å². The van der Waals surface area contributed by atoms with E-state index < -0.39 is 10.0 Å². The molecule has 0 saturated heterocycles. The highest BCUT2D eigenvalue weighted by Gasteiger charge is 2.32. The van der Waals surface area contributed by atoms with E-state index in [0.29, 0.717) is 23.4 Å². The Balaban J connectivity index is 1.96. The predicted molar refractivity (Wildman–Crippen MR) is 104 cm³/mol. The number of ether oxygens (including phenoxy) is 1. The number of nitrogens with zero attached hydrogens (tertiary/aromatic N) is 2. The van der Waals surface area contributed by atoms with Crippen LogP contribution in [0.5, 0.6) is 5.75 Å². The summed E-state index contributed by atoms with van der Waals surface area (Å²) < 4.78 is 31.0. The maximum atomic E-state index is 12.1. The van der Waals surface area contributed by atoms with Gasteiger partial charge in [0.15, 0.2) is 0 Å². The van der Waals surface area contributed by atoms with Gasteiger partial charge in [-0.15, -0.1) is 0 Å². The molecule has 2 aromatic carbocycles. The monoisotopic (exact) mass is 387 g/mol. The number of carbonyl (C=O) groups is 1. The van der Waals surface area contributed by atoms with Gasteiger partial charge in [-0.1, -0.05) is 30.3 Å². The number of rotatable bonds is 5. The molecule has 1 atom stereocenters. The van der Waals surface area contributed by atoms with Gasteiger partial charge in [0.05, 0.1) is 30.8 Å². The Morgan fingerprint density at radius 3 is 2.44 bits per heavy atom. The van der Waals surface area contributed by atoms with E-state index in [-0.39, 0.29) is 11.9 Å². The van der Waals surface area contributed by atoms with Crippen LogP contribution in [0, 0.1) is 0 Å². The van der Waals surface area contributed by atoms with Gasteiger partial charge in [-0.2, -0.15) is 5.10 Å². The van der Waals surface area contributed by atoms with Crippen LogP contribution < -0.4 is 9.46 Å². The van der Waals surface area contributed by atoms with E-state index in [1.165, 1.54) is 11.9 Å². The van der Waals surface area contributed by atoms with Crippen molar-refractivity contribution in [3.05, 3.63) is 59.7 Å². The van der Waals surface area contributed by atoms with Crippen molar-refractivity contribution in [3.63, 3.8) is 0 Å². The molecule has 0 fully saturated rings. The zero-order valence-electron chi connectivity index (χ0n) is 15.3. The van der Waals surface area contributed by atoms with Gasteiger partial charge in [-0.05, 0) is 23.8 Å². The molecule has 0 radical (unpaired) electrons. The second-order valence-corrected chi connectivity index (χ2v) is 8.07. The summed E-state index contributed by atoms with van der Waals surface area (Å²) >= 11 is 0. The maximum Gasteiger partial charge on any atom is 0.240 e. The molecule has 0 saturated carbocycles. The number of amides is 1. The van der Waals surface area contributed by atoms with Gasteiger partial charge in [0.1, 0.15) is 5.75 Å². The molecular formula is C19H21N3O4S. The minimum absolute atomic E-state index is 0.181. The van der Waals surface area contributed by atoms with Crippen LogP contribution in [0.15, 0.2) is 53.6 Å². The van der Waals surface area contributed by atoms with Crippen molar-refractivity contribution in [2.45, 2.75) is 19.4 Å². The summed E-state index contributed by atoms with van der Waals surface area (Å²) in [4.78, 5) is 12.1. The number of para-hydroxylation sites is 1. The van der Waals surface area contributed by atoms with E-state index >= 15 is 0 Å². The number of methoxy groups -OCH3 is 1. The van der Waals surface area contributed by atoms with Crippen molar-refractivity contribution in [3.8, 4) is 5.75 Å². The number of nitrogens with one attached hydrogen (secondary N) is 1. The lowest BCUT2D eigenvalue weighted by atomic mass is 9.97. The quantitative estimate of drug-likeness (QED) is 0.854. The number of hydrazone groups is 1. The molecule has 3 rings (SSSR count). The summed E-state index contributed by atoms with van der Waals surface area (Å²) in [5, 5.41) is 5.92. The molecule has 7 nitrogen and oxygen atoms in total. The Hall–Kier alpha value is -2.87. The Morgan fingerprint density at radius 2 is 1.85 bits per heavy atom. The summed E-state index contributed by atoms with van der Waals surface area (Å²) in [7, 11) is -1.84. The molecule has 0 aromatic heterocycles. The van der Waals surface area contributed by atoms with Crippen LogP contribution in [0.25, 0.3) is 0 Å². The van der Waals surface area contributed by atoms with Crippen molar-refractivity contribution in [1.29, 1.82) is 0 Å². The van der Waals surface area contributed by atoms with Crippen LogP contribution in [0.3, 0.4) is 0 Å². The third-order valence-corrected chi connectivity index (χ3v) is 4.86. The summed E-state index contributed by atoms with van der Waals surface area (Å²) in [5.74, 6) is 0.550. The Morgan fingerprint density at radius 1 is 1.19 bits per heavy atom. The average molecular weight is 387 g/mol. The third kappa shape index (κ3) is 4.28.